The second-order valence-electron chi connectivity index (χ2n) is 2.98. The molecule has 0 atom stereocenters. The molecule has 72 valence electrons. The maximum atomic E-state index is 13.4. The SMILES string of the molecule is [B]c1ccc(O)c(F)c1C1OCCO1. The lowest BCUT2D eigenvalue weighted by molar-refractivity contribution is -0.0458. The van der Waals surface area contributed by atoms with Gasteiger partial charge in [0.15, 0.2) is 17.9 Å². The van der Waals surface area contributed by atoms with Crippen molar-refractivity contribution in [3.05, 3.63) is 23.5 Å². The third-order valence-electron chi connectivity index (χ3n) is 2.05. The summed E-state index contributed by atoms with van der Waals surface area (Å²) in [4.78, 5) is 0. The maximum absolute atomic E-state index is 13.4. The van der Waals surface area contributed by atoms with Crippen molar-refractivity contribution in [1.29, 1.82) is 0 Å². The lowest BCUT2D eigenvalue weighted by Crippen LogP contribution is -2.17. The van der Waals surface area contributed by atoms with Crippen LogP contribution in [0.3, 0.4) is 0 Å². The molecule has 5 heteroatoms. The van der Waals surface area contributed by atoms with E-state index in [4.69, 9.17) is 22.4 Å². The van der Waals surface area contributed by atoms with Crippen LogP contribution >= 0.6 is 0 Å². The Labute approximate surface area is 81.9 Å². The Morgan fingerprint density at radius 3 is 2.64 bits per heavy atom. The second kappa shape index (κ2) is 3.59. The smallest absolute Gasteiger partial charge is 0.186 e. The zero-order valence-corrected chi connectivity index (χ0v) is 7.37. The van der Waals surface area contributed by atoms with Gasteiger partial charge in [-0.15, -0.1) is 0 Å². The molecule has 0 saturated carbocycles. The number of rotatable bonds is 1. The molecule has 0 aromatic heterocycles. The highest BCUT2D eigenvalue weighted by Crippen LogP contribution is 2.27. The molecule has 1 aromatic rings. The van der Waals surface area contributed by atoms with Crippen molar-refractivity contribution in [2.45, 2.75) is 6.29 Å². The molecule has 1 N–H and O–H groups in total. The fourth-order valence-corrected chi connectivity index (χ4v) is 1.36. The van der Waals surface area contributed by atoms with E-state index in [0.717, 1.165) is 0 Å². The molecule has 1 aromatic carbocycles. The van der Waals surface area contributed by atoms with Gasteiger partial charge in [0.25, 0.3) is 0 Å². The first-order valence-electron chi connectivity index (χ1n) is 4.20. The summed E-state index contributed by atoms with van der Waals surface area (Å²) >= 11 is 0. The molecule has 0 bridgehead atoms. The van der Waals surface area contributed by atoms with Gasteiger partial charge < -0.3 is 14.6 Å². The number of phenols is 1. The highest BCUT2D eigenvalue weighted by atomic mass is 19.1. The van der Waals surface area contributed by atoms with Gasteiger partial charge in [-0.3, -0.25) is 0 Å². The van der Waals surface area contributed by atoms with Gasteiger partial charge in [0.1, 0.15) is 7.85 Å². The van der Waals surface area contributed by atoms with Gasteiger partial charge in [-0.2, -0.15) is 0 Å². The number of hydrogen-bond donors (Lipinski definition) is 1. The van der Waals surface area contributed by atoms with Crippen LogP contribution in [0.25, 0.3) is 0 Å². The zero-order chi connectivity index (χ0) is 10.1. The molecular weight excluding hydrogens is 186 g/mol. The van der Waals surface area contributed by atoms with Crippen molar-refractivity contribution in [1.82, 2.24) is 0 Å². The summed E-state index contributed by atoms with van der Waals surface area (Å²) in [6.45, 7) is 0.804. The number of aromatic hydroxyl groups is 1. The van der Waals surface area contributed by atoms with E-state index >= 15 is 0 Å². The van der Waals surface area contributed by atoms with Crippen LogP contribution in [0, 0.1) is 5.82 Å². The minimum absolute atomic E-state index is 0.0718. The van der Waals surface area contributed by atoms with Crippen LogP contribution in [0.5, 0.6) is 5.75 Å². The molecule has 0 spiro atoms. The van der Waals surface area contributed by atoms with E-state index in [1.807, 2.05) is 0 Å². The summed E-state index contributed by atoms with van der Waals surface area (Å²) in [5, 5.41) is 9.14. The quantitative estimate of drug-likeness (QED) is 0.656. The molecule has 3 nitrogen and oxygen atoms in total. The monoisotopic (exact) mass is 194 g/mol. The van der Waals surface area contributed by atoms with Crippen LogP contribution < -0.4 is 5.46 Å². The summed E-state index contributed by atoms with van der Waals surface area (Å²) in [5.41, 5.74) is 0.287. The number of hydrogen-bond acceptors (Lipinski definition) is 3. The van der Waals surface area contributed by atoms with E-state index in [-0.39, 0.29) is 11.0 Å². The first-order chi connectivity index (χ1) is 6.70. The van der Waals surface area contributed by atoms with Gasteiger partial charge in [-0.05, 0) is 6.07 Å². The second-order valence-corrected chi connectivity index (χ2v) is 2.98. The average molecular weight is 194 g/mol. The molecule has 1 aliphatic heterocycles. The van der Waals surface area contributed by atoms with Crippen LogP contribution in [0.1, 0.15) is 11.9 Å². The summed E-state index contributed by atoms with van der Waals surface area (Å²) in [6, 6.07) is 2.61. The van der Waals surface area contributed by atoms with Crippen LogP contribution in [0.2, 0.25) is 0 Å². The highest BCUT2D eigenvalue weighted by molar-refractivity contribution is 6.33. The van der Waals surface area contributed by atoms with E-state index in [1.54, 1.807) is 0 Å². The van der Waals surface area contributed by atoms with E-state index in [9.17, 15) is 4.39 Å². The van der Waals surface area contributed by atoms with Crippen LogP contribution in [-0.4, -0.2) is 26.2 Å². The van der Waals surface area contributed by atoms with Crippen molar-refractivity contribution in [3.63, 3.8) is 0 Å². The van der Waals surface area contributed by atoms with E-state index in [2.05, 4.69) is 0 Å². The van der Waals surface area contributed by atoms with Gasteiger partial charge in [-0.1, -0.05) is 11.5 Å². The van der Waals surface area contributed by atoms with Gasteiger partial charge in [0.05, 0.1) is 13.2 Å². The molecule has 0 amide bonds. The molecule has 1 fully saturated rings. The van der Waals surface area contributed by atoms with Crippen molar-refractivity contribution in [2.24, 2.45) is 0 Å². The van der Waals surface area contributed by atoms with Crippen molar-refractivity contribution in [2.75, 3.05) is 13.2 Å². The zero-order valence-electron chi connectivity index (χ0n) is 7.37. The van der Waals surface area contributed by atoms with Gasteiger partial charge >= 0.3 is 0 Å². The third-order valence-corrected chi connectivity index (χ3v) is 2.05. The largest absolute Gasteiger partial charge is 0.505 e. The maximum Gasteiger partial charge on any atom is 0.186 e. The van der Waals surface area contributed by atoms with E-state index < -0.39 is 17.9 Å². The van der Waals surface area contributed by atoms with Crippen LogP contribution in [-0.2, 0) is 9.47 Å². The molecule has 1 saturated heterocycles. The fourth-order valence-electron chi connectivity index (χ4n) is 1.36. The highest BCUT2D eigenvalue weighted by Gasteiger charge is 2.24. The lowest BCUT2D eigenvalue weighted by Gasteiger charge is -2.14. The standard InChI is InChI=1S/C9H8BFO3/c10-5-1-2-6(12)8(11)7(5)9-13-3-4-14-9/h1-2,9,12H,3-4H2. The normalized spacial score (nSPS) is 17.5. The Morgan fingerprint density at radius 1 is 1.36 bits per heavy atom. The summed E-state index contributed by atoms with van der Waals surface area (Å²) in [5.74, 6) is -1.23. The Bertz CT molecular complexity index is 350. The predicted octanol–water partition coefficient (Wildman–Crippen LogP) is 0.370. The van der Waals surface area contributed by atoms with E-state index in [0.29, 0.717) is 13.2 Å². The molecule has 1 heterocycles. The first-order valence-corrected chi connectivity index (χ1v) is 4.20. The van der Waals surface area contributed by atoms with Gasteiger partial charge in [0, 0.05) is 5.56 Å². The number of phenolic OH excluding ortho intramolecular Hbond substituents is 1. The number of benzene rings is 1. The number of ether oxygens (including phenoxy) is 2. The molecule has 0 aliphatic carbocycles. The third kappa shape index (κ3) is 1.49. The fraction of sp³-hybridized carbons (Fsp3) is 0.333. The first kappa shape index (κ1) is 9.49. The van der Waals surface area contributed by atoms with Crippen molar-refractivity contribution >= 4 is 13.3 Å². The minimum atomic E-state index is -0.804. The predicted molar refractivity (Wildman–Crippen MR) is 48.1 cm³/mol. The molecular formula is C9H8BFO3. The molecule has 2 rings (SSSR count). The molecule has 0 unspecified atom stereocenters. The Morgan fingerprint density at radius 2 is 2.00 bits per heavy atom. The van der Waals surface area contributed by atoms with Crippen LogP contribution in [0.4, 0.5) is 4.39 Å². The Hall–Kier alpha value is -1.07. The Balaban J connectivity index is 2.44. The van der Waals surface area contributed by atoms with Crippen molar-refractivity contribution in [3.8, 4) is 5.75 Å². The molecule has 14 heavy (non-hydrogen) atoms. The van der Waals surface area contributed by atoms with E-state index in [1.165, 1.54) is 12.1 Å². The molecule has 1 aliphatic rings. The summed E-state index contributed by atoms with van der Waals surface area (Å²) < 4.78 is 23.6. The van der Waals surface area contributed by atoms with Crippen molar-refractivity contribution < 1.29 is 19.0 Å². The lowest BCUT2D eigenvalue weighted by atomic mass is 9.89. The summed E-state index contributed by atoms with van der Waals surface area (Å²) in [6.07, 6.45) is -0.804. The van der Waals surface area contributed by atoms with Crippen LogP contribution in [0.15, 0.2) is 12.1 Å². The minimum Gasteiger partial charge on any atom is -0.505 e. The average Bonchev–Trinajstić information content (AvgIpc) is 2.65. The number of halogens is 1. The topological polar surface area (TPSA) is 38.7 Å². The van der Waals surface area contributed by atoms with Gasteiger partial charge in [-0.25, -0.2) is 4.39 Å². The van der Waals surface area contributed by atoms with Gasteiger partial charge in [0.2, 0.25) is 0 Å². The Kier molecular flexibility index (Phi) is 2.43. The molecule has 2 radical (unpaired) electrons. The summed E-state index contributed by atoms with van der Waals surface area (Å²) in [7, 11) is 5.56.